The van der Waals surface area contributed by atoms with Crippen LogP contribution < -0.4 is 0 Å². The Bertz CT molecular complexity index is 359. The van der Waals surface area contributed by atoms with Crippen LogP contribution >= 0.6 is 0 Å². The van der Waals surface area contributed by atoms with Gasteiger partial charge in [0.1, 0.15) is 5.60 Å². The van der Waals surface area contributed by atoms with E-state index in [1.165, 1.54) is 0 Å². The Morgan fingerprint density at radius 2 is 1.83 bits per heavy atom. The lowest BCUT2D eigenvalue weighted by Crippen LogP contribution is -2.43. The first-order valence-electron chi connectivity index (χ1n) is 6.89. The van der Waals surface area contributed by atoms with E-state index in [9.17, 15) is 4.79 Å². The molecule has 0 spiro atoms. The first-order valence-corrected chi connectivity index (χ1v) is 6.89. The largest absolute Gasteiger partial charge is 0.367 e. The number of ketones is 1. The fraction of sp³-hybridized carbons (Fsp3) is 0.562. The zero-order valence-corrected chi connectivity index (χ0v) is 11.7. The molecule has 1 aromatic rings. The van der Waals surface area contributed by atoms with Crippen LogP contribution in [0.15, 0.2) is 30.3 Å². The smallest absolute Gasteiger partial charge is 0.164 e. The van der Waals surface area contributed by atoms with Crippen LogP contribution in [0.1, 0.15) is 45.6 Å². The predicted molar refractivity (Wildman–Crippen MR) is 74.7 cm³/mol. The number of Topliss-reactive ketones (excluding diaryl/α,β-unsaturated/α-hetero) is 1. The van der Waals surface area contributed by atoms with Crippen molar-refractivity contribution in [1.29, 1.82) is 0 Å². The summed E-state index contributed by atoms with van der Waals surface area (Å²) in [7, 11) is 0. The molecule has 0 N–H and O–H groups in total. The van der Waals surface area contributed by atoms with Gasteiger partial charge in [-0.25, -0.2) is 0 Å². The van der Waals surface area contributed by atoms with Gasteiger partial charge in [0.25, 0.3) is 0 Å². The lowest BCUT2D eigenvalue weighted by Gasteiger charge is -2.31. The normalized spacial score (nSPS) is 14.2. The average molecular weight is 248 g/mol. The fourth-order valence-corrected chi connectivity index (χ4v) is 2.31. The molecular weight excluding hydrogens is 224 g/mol. The zero-order chi connectivity index (χ0) is 13.4. The van der Waals surface area contributed by atoms with Crippen LogP contribution in [0.25, 0.3) is 0 Å². The number of carbonyl (C=O) groups excluding carboxylic acids is 1. The Morgan fingerprint density at radius 1 is 1.17 bits per heavy atom. The van der Waals surface area contributed by atoms with Crippen LogP contribution in [-0.4, -0.2) is 18.0 Å². The topological polar surface area (TPSA) is 26.3 Å². The van der Waals surface area contributed by atoms with Gasteiger partial charge in [0.15, 0.2) is 5.78 Å². The van der Waals surface area contributed by atoms with Gasteiger partial charge in [0, 0.05) is 19.4 Å². The highest BCUT2D eigenvalue weighted by atomic mass is 16.5. The Kier molecular flexibility index (Phi) is 6.06. The number of ether oxygens (including phenoxy) is 1. The van der Waals surface area contributed by atoms with Crippen molar-refractivity contribution in [1.82, 2.24) is 0 Å². The van der Waals surface area contributed by atoms with E-state index >= 15 is 0 Å². The highest BCUT2D eigenvalue weighted by molar-refractivity contribution is 5.87. The van der Waals surface area contributed by atoms with Gasteiger partial charge >= 0.3 is 0 Å². The van der Waals surface area contributed by atoms with Crippen molar-refractivity contribution in [3.8, 4) is 0 Å². The van der Waals surface area contributed by atoms with Gasteiger partial charge in [-0.2, -0.15) is 0 Å². The summed E-state index contributed by atoms with van der Waals surface area (Å²) < 4.78 is 5.85. The predicted octanol–water partition coefficient (Wildman–Crippen LogP) is 3.78. The standard InChI is InChI=1S/C16H24O2/c1-4-10-15(17)16(5-2,18-6-3)13-14-11-8-7-9-12-14/h7-9,11-12H,4-6,10,13H2,1-3H3. The third-order valence-electron chi connectivity index (χ3n) is 3.31. The van der Waals surface area contributed by atoms with E-state index in [2.05, 4.69) is 12.1 Å². The van der Waals surface area contributed by atoms with E-state index in [1.807, 2.05) is 39.0 Å². The summed E-state index contributed by atoms with van der Waals surface area (Å²) in [4.78, 5) is 12.4. The summed E-state index contributed by atoms with van der Waals surface area (Å²) in [6.45, 7) is 6.60. The first kappa shape index (κ1) is 14.9. The van der Waals surface area contributed by atoms with E-state index in [4.69, 9.17) is 4.74 Å². The molecule has 0 aliphatic carbocycles. The molecule has 0 heterocycles. The SMILES string of the molecule is CCCC(=O)C(CC)(Cc1ccccc1)OCC. The second-order valence-corrected chi connectivity index (χ2v) is 4.62. The van der Waals surface area contributed by atoms with Gasteiger partial charge in [0.2, 0.25) is 0 Å². The summed E-state index contributed by atoms with van der Waals surface area (Å²) in [6.07, 6.45) is 2.88. The third kappa shape index (κ3) is 3.67. The van der Waals surface area contributed by atoms with Crippen LogP contribution in [0.3, 0.4) is 0 Å². The van der Waals surface area contributed by atoms with E-state index < -0.39 is 5.60 Å². The molecule has 1 rings (SSSR count). The number of carbonyl (C=O) groups is 1. The Morgan fingerprint density at radius 3 is 2.33 bits per heavy atom. The van der Waals surface area contributed by atoms with Crippen LogP contribution in [0.5, 0.6) is 0 Å². The Hall–Kier alpha value is -1.15. The summed E-state index contributed by atoms with van der Waals surface area (Å²) >= 11 is 0. The highest BCUT2D eigenvalue weighted by Crippen LogP contribution is 2.25. The first-order chi connectivity index (χ1) is 8.68. The van der Waals surface area contributed by atoms with E-state index in [0.717, 1.165) is 18.4 Å². The molecule has 0 aromatic heterocycles. The van der Waals surface area contributed by atoms with E-state index in [1.54, 1.807) is 0 Å². The Labute approximate surface area is 110 Å². The lowest BCUT2D eigenvalue weighted by molar-refractivity contribution is -0.145. The maximum atomic E-state index is 12.4. The molecule has 0 saturated heterocycles. The van der Waals surface area contributed by atoms with Crippen LogP contribution in [-0.2, 0) is 16.0 Å². The summed E-state index contributed by atoms with van der Waals surface area (Å²) in [5.41, 5.74) is 0.531. The van der Waals surface area contributed by atoms with Crippen molar-refractivity contribution >= 4 is 5.78 Å². The summed E-state index contributed by atoms with van der Waals surface area (Å²) in [6, 6.07) is 10.1. The quantitative estimate of drug-likeness (QED) is 0.699. The van der Waals surface area contributed by atoms with Crippen molar-refractivity contribution in [2.24, 2.45) is 0 Å². The van der Waals surface area contributed by atoms with Gasteiger partial charge in [-0.15, -0.1) is 0 Å². The van der Waals surface area contributed by atoms with E-state index in [-0.39, 0.29) is 5.78 Å². The average Bonchev–Trinajstić information content (AvgIpc) is 2.39. The molecule has 2 nitrogen and oxygen atoms in total. The molecule has 0 aliphatic heterocycles. The monoisotopic (exact) mass is 248 g/mol. The molecule has 1 atom stereocenters. The Balaban J connectivity index is 2.92. The minimum Gasteiger partial charge on any atom is -0.367 e. The molecular formula is C16H24O2. The molecule has 18 heavy (non-hydrogen) atoms. The van der Waals surface area contributed by atoms with E-state index in [0.29, 0.717) is 19.4 Å². The number of rotatable bonds is 8. The molecule has 0 radical (unpaired) electrons. The molecule has 2 heteroatoms. The van der Waals surface area contributed by atoms with Crippen molar-refractivity contribution in [2.75, 3.05) is 6.61 Å². The van der Waals surface area contributed by atoms with Gasteiger partial charge < -0.3 is 4.74 Å². The lowest BCUT2D eigenvalue weighted by atomic mass is 9.85. The molecule has 0 bridgehead atoms. The number of hydrogen-bond acceptors (Lipinski definition) is 2. The third-order valence-corrected chi connectivity index (χ3v) is 3.31. The van der Waals surface area contributed by atoms with Crippen LogP contribution in [0.4, 0.5) is 0 Å². The van der Waals surface area contributed by atoms with Crippen molar-refractivity contribution < 1.29 is 9.53 Å². The van der Waals surface area contributed by atoms with Crippen molar-refractivity contribution in [3.05, 3.63) is 35.9 Å². The molecule has 0 aliphatic rings. The molecule has 100 valence electrons. The van der Waals surface area contributed by atoms with Gasteiger partial charge in [-0.3, -0.25) is 4.79 Å². The summed E-state index contributed by atoms with van der Waals surface area (Å²) in [5, 5.41) is 0. The molecule has 1 unspecified atom stereocenters. The number of benzene rings is 1. The van der Waals surface area contributed by atoms with Gasteiger partial charge in [-0.1, -0.05) is 44.2 Å². The van der Waals surface area contributed by atoms with Crippen molar-refractivity contribution in [2.45, 2.75) is 52.1 Å². The van der Waals surface area contributed by atoms with Gasteiger partial charge in [0.05, 0.1) is 0 Å². The highest BCUT2D eigenvalue weighted by Gasteiger charge is 2.36. The maximum Gasteiger partial charge on any atom is 0.164 e. The molecule has 0 fully saturated rings. The molecule has 0 amide bonds. The number of hydrogen-bond donors (Lipinski definition) is 0. The van der Waals surface area contributed by atoms with Gasteiger partial charge in [-0.05, 0) is 25.3 Å². The van der Waals surface area contributed by atoms with Crippen LogP contribution in [0.2, 0.25) is 0 Å². The molecule has 0 saturated carbocycles. The fourth-order valence-electron chi connectivity index (χ4n) is 2.31. The maximum absolute atomic E-state index is 12.4. The minimum atomic E-state index is -0.633. The van der Waals surface area contributed by atoms with Crippen LogP contribution in [0, 0.1) is 0 Å². The second kappa shape index (κ2) is 7.32. The summed E-state index contributed by atoms with van der Waals surface area (Å²) in [5.74, 6) is 0.234. The minimum absolute atomic E-state index is 0.234. The van der Waals surface area contributed by atoms with Crippen molar-refractivity contribution in [3.63, 3.8) is 0 Å². The molecule has 1 aromatic carbocycles. The zero-order valence-electron chi connectivity index (χ0n) is 11.7. The second-order valence-electron chi connectivity index (χ2n) is 4.62.